The number of hydrogen-bond acceptors (Lipinski definition) is 4. The molecule has 1 aliphatic carbocycles. The zero-order chi connectivity index (χ0) is 20.0. The van der Waals surface area contributed by atoms with Crippen molar-refractivity contribution in [3.63, 3.8) is 0 Å². The molecule has 5 nitrogen and oxygen atoms in total. The van der Waals surface area contributed by atoms with Crippen LogP contribution >= 0.6 is 0 Å². The number of likely N-dealkylation sites (tertiary alicyclic amines) is 1. The Kier molecular flexibility index (Phi) is 4.56. The van der Waals surface area contributed by atoms with Gasteiger partial charge in [0.2, 0.25) is 5.91 Å². The molecule has 3 fully saturated rings. The first kappa shape index (κ1) is 18.6. The highest BCUT2D eigenvalue weighted by Crippen LogP contribution is 2.48. The molecule has 1 amide bonds. The highest BCUT2D eigenvalue weighted by Gasteiger charge is 2.49. The third-order valence-electron chi connectivity index (χ3n) is 7.09. The number of carbonyl (C=O) groups is 1. The van der Waals surface area contributed by atoms with E-state index in [1.807, 2.05) is 26.1 Å². The Morgan fingerprint density at radius 3 is 2.48 bits per heavy atom. The Bertz CT molecular complexity index is 900. The minimum atomic E-state index is 0.0117. The maximum absolute atomic E-state index is 13.3. The summed E-state index contributed by atoms with van der Waals surface area (Å²) in [5, 5.41) is 0. The van der Waals surface area contributed by atoms with Crippen molar-refractivity contribution in [2.45, 2.75) is 57.9 Å². The van der Waals surface area contributed by atoms with E-state index in [0.717, 1.165) is 56.1 Å². The van der Waals surface area contributed by atoms with Gasteiger partial charge in [0.05, 0.1) is 17.3 Å². The normalized spacial score (nSPS) is 24.2. The average molecular weight is 391 g/mol. The zero-order valence-corrected chi connectivity index (χ0v) is 17.5. The van der Waals surface area contributed by atoms with Crippen LogP contribution in [0.15, 0.2) is 36.5 Å². The van der Waals surface area contributed by atoms with E-state index in [0.29, 0.717) is 11.9 Å². The number of amides is 1. The van der Waals surface area contributed by atoms with E-state index in [1.54, 1.807) is 0 Å². The summed E-state index contributed by atoms with van der Waals surface area (Å²) in [5.74, 6) is 1.40. The molecule has 0 radical (unpaired) electrons. The van der Waals surface area contributed by atoms with Crippen molar-refractivity contribution in [2.75, 3.05) is 24.5 Å². The number of benzene rings is 1. The van der Waals surface area contributed by atoms with Gasteiger partial charge >= 0.3 is 0 Å². The standard InChI is InChI=1S/C24H30N4O/c1-17-15-25-18(2)22(26-17)27-12-10-24(11-13-27)14-21(19-6-4-3-5-7-19)23(29)28(16-24)20-8-9-20/h3-7,15,20-21H,8-14,16H2,1-2H3. The lowest BCUT2D eigenvalue weighted by Gasteiger charge is -2.50. The maximum Gasteiger partial charge on any atom is 0.230 e. The Hall–Kier alpha value is -2.43. The lowest BCUT2D eigenvalue weighted by Crippen LogP contribution is -2.54. The molecule has 1 aromatic carbocycles. The summed E-state index contributed by atoms with van der Waals surface area (Å²) >= 11 is 0. The molecule has 2 aliphatic heterocycles. The second kappa shape index (κ2) is 7.12. The molecular formula is C24H30N4O. The van der Waals surface area contributed by atoms with Crippen LogP contribution in [-0.4, -0.2) is 46.5 Å². The van der Waals surface area contributed by atoms with Crippen LogP contribution in [0.3, 0.4) is 0 Å². The van der Waals surface area contributed by atoms with Gasteiger partial charge in [0, 0.05) is 31.9 Å². The number of anilines is 1. The summed E-state index contributed by atoms with van der Waals surface area (Å²) in [7, 11) is 0. The first-order valence-electron chi connectivity index (χ1n) is 11.0. The smallest absolute Gasteiger partial charge is 0.230 e. The summed E-state index contributed by atoms with van der Waals surface area (Å²) in [6, 6.07) is 10.9. The summed E-state index contributed by atoms with van der Waals surface area (Å²) in [4.78, 5) is 27.2. The van der Waals surface area contributed by atoms with Crippen molar-refractivity contribution in [3.05, 3.63) is 53.5 Å². The summed E-state index contributed by atoms with van der Waals surface area (Å²) in [5.41, 5.74) is 3.38. The van der Waals surface area contributed by atoms with E-state index in [4.69, 9.17) is 4.98 Å². The van der Waals surface area contributed by atoms with E-state index < -0.39 is 0 Å². The molecule has 29 heavy (non-hydrogen) atoms. The number of hydrogen-bond donors (Lipinski definition) is 0. The number of piperidine rings is 2. The maximum atomic E-state index is 13.3. The molecule has 2 aromatic rings. The Balaban J connectivity index is 1.38. The fourth-order valence-electron chi connectivity index (χ4n) is 5.24. The van der Waals surface area contributed by atoms with E-state index in [-0.39, 0.29) is 11.3 Å². The first-order valence-corrected chi connectivity index (χ1v) is 11.0. The molecule has 0 bridgehead atoms. The van der Waals surface area contributed by atoms with E-state index in [1.165, 1.54) is 18.4 Å². The summed E-state index contributed by atoms with van der Waals surface area (Å²) in [6.07, 6.45) is 7.39. The van der Waals surface area contributed by atoms with Crippen LogP contribution in [-0.2, 0) is 4.79 Å². The van der Waals surface area contributed by atoms with Gasteiger partial charge in [0.25, 0.3) is 0 Å². The quantitative estimate of drug-likeness (QED) is 0.799. The molecule has 5 heteroatoms. The number of aryl methyl sites for hydroxylation is 2. The predicted octanol–water partition coefficient (Wildman–Crippen LogP) is 3.86. The van der Waals surface area contributed by atoms with Gasteiger partial charge in [0.15, 0.2) is 0 Å². The lowest BCUT2D eigenvalue weighted by molar-refractivity contribution is -0.141. The van der Waals surface area contributed by atoms with Gasteiger partial charge in [-0.1, -0.05) is 30.3 Å². The number of carbonyl (C=O) groups excluding carboxylic acids is 1. The fraction of sp³-hybridized carbons (Fsp3) is 0.542. The highest BCUT2D eigenvalue weighted by atomic mass is 16.2. The first-order chi connectivity index (χ1) is 14.0. The van der Waals surface area contributed by atoms with E-state index >= 15 is 0 Å². The SMILES string of the molecule is Cc1cnc(C)c(N2CCC3(CC2)CC(c2ccccc2)C(=O)N(C2CC2)C3)n1. The molecule has 1 saturated carbocycles. The van der Waals surface area contributed by atoms with Crippen molar-refractivity contribution in [1.82, 2.24) is 14.9 Å². The number of nitrogens with zero attached hydrogens (tertiary/aromatic N) is 4. The van der Waals surface area contributed by atoms with E-state index in [9.17, 15) is 4.79 Å². The number of rotatable bonds is 3. The monoisotopic (exact) mass is 390 g/mol. The van der Waals surface area contributed by atoms with Crippen LogP contribution in [0.4, 0.5) is 5.82 Å². The summed E-state index contributed by atoms with van der Waals surface area (Å²) in [6.45, 7) is 6.98. The van der Waals surface area contributed by atoms with Crippen molar-refractivity contribution in [2.24, 2.45) is 5.41 Å². The molecule has 1 unspecified atom stereocenters. The van der Waals surface area contributed by atoms with Crippen molar-refractivity contribution in [3.8, 4) is 0 Å². The van der Waals surface area contributed by atoms with Gasteiger partial charge in [-0.2, -0.15) is 0 Å². The minimum absolute atomic E-state index is 0.0117. The van der Waals surface area contributed by atoms with Crippen LogP contribution in [0, 0.1) is 19.3 Å². The molecule has 152 valence electrons. The molecule has 5 rings (SSSR count). The Labute approximate surface area is 173 Å². The second-order valence-electron chi connectivity index (χ2n) is 9.27. The van der Waals surface area contributed by atoms with Crippen LogP contribution in [0.1, 0.15) is 55.0 Å². The molecule has 3 heterocycles. The molecule has 3 aliphatic rings. The molecule has 2 saturated heterocycles. The lowest BCUT2D eigenvalue weighted by atomic mass is 9.67. The van der Waals surface area contributed by atoms with Gasteiger partial charge < -0.3 is 9.80 Å². The van der Waals surface area contributed by atoms with Gasteiger partial charge in [0.1, 0.15) is 5.82 Å². The van der Waals surface area contributed by atoms with Crippen molar-refractivity contribution < 1.29 is 4.79 Å². The van der Waals surface area contributed by atoms with Gasteiger partial charge in [-0.05, 0) is 56.9 Å². The highest BCUT2D eigenvalue weighted by molar-refractivity contribution is 5.85. The third-order valence-corrected chi connectivity index (χ3v) is 7.09. The molecule has 1 spiro atoms. The Morgan fingerprint density at radius 1 is 1.07 bits per heavy atom. The zero-order valence-electron chi connectivity index (χ0n) is 17.5. The number of aromatic nitrogens is 2. The van der Waals surface area contributed by atoms with E-state index in [2.05, 4.69) is 39.0 Å². The molecule has 1 atom stereocenters. The van der Waals surface area contributed by atoms with Crippen molar-refractivity contribution >= 4 is 11.7 Å². The predicted molar refractivity (Wildman–Crippen MR) is 114 cm³/mol. The molecule has 1 aromatic heterocycles. The van der Waals surface area contributed by atoms with Crippen LogP contribution < -0.4 is 4.90 Å². The van der Waals surface area contributed by atoms with Gasteiger partial charge in [-0.25, -0.2) is 4.98 Å². The van der Waals surface area contributed by atoms with Gasteiger partial charge in [-0.15, -0.1) is 0 Å². The molecular weight excluding hydrogens is 360 g/mol. The molecule has 0 N–H and O–H groups in total. The largest absolute Gasteiger partial charge is 0.355 e. The third kappa shape index (κ3) is 3.52. The minimum Gasteiger partial charge on any atom is -0.355 e. The summed E-state index contributed by atoms with van der Waals surface area (Å²) < 4.78 is 0. The van der Waals surface area contributed by atoms with Crippen molar-refractivity contribution in [1.29, 1.82) is 0 Å². The second-order valence-corrected chi connectivity index (χ2v) is 9.27. The fourth-order valence-corrected chi connectivity index (χ4v) is 5.24. The van der Waals surface area contributed by atoms with Crippen LogP contribution in [0.2, 0.25) is 0 Å². The van der Waals surface area contributed by atoms with Crippen LogP contribution in [0.25, 0.3) is 0 Å². The topological polar surface area (TPSA) is 49.3 Å². The Morgan fingerprint density at radius 2 is 1.79 bits per heavy atom. The van der Waals surface area contributed by atoms with Gasteiger partial charge in [-0.3, -0.25) is 9.78 Å². The van der Waals surface area contributed by atoms with Crippen LogP contribution in [0.5, 0.6) is 0 Å². The average Bonchev–Trinajstić information content (AvgIpc) is 3.58.